The van der Waals surface area contributed by atoms with E-state index in [0.717, 1.165) is 0 Å². The third-order valence-electron chi connectivity index (χ3n) is 5.15. The van der Waals surface area contributed by atoms with E-state index in [1.807, 2.05) is 0 Å². The summed E-state index contributed by atoms with van der Waals surface area (Å²) in [6, 6.07) is 4.74. The van der Waals surface area contributed by atoms with Crippen LogP contribution in [0.2, 0.25) is 0 Å². The van der Waals surface area contributed by atoms with E-state index in [1.165, 1.54) is 6.07 Å². The van der Waals surface area contributed by atoms with Crippen molar-refractivity contribution in [2.24, 2.45) is 5.92 Å². The summed E-state index contributed by atoms with van der Waals surface area (Å²) in [5, 5.41) is 0. The maximum atomic E-state index is 13.4. The number of esters is 1. The highest BCUT2D eigenvalue weighted by Crippen LogP contribution is 2.47. The van der Waals surface area contributed by atoms with E-state index in [2.05, 4.69) is 4.74 Å². The van der Waals surface area contributed by atoms with Crippen molar-refractivity contribution < 1.29 is 58.3 Å². The van der Waals surface area contributed by atoms with E-state index in [1.54, 1.807) is 12.1 Å². The van der Waals surface area contributed by atoms with Crippen molar-refractivity contribution in [1.29, 1.82) is 0 Å². The predicted molar refractivity (Wildman–Crippen MR) is 94.5 cm³/mol. The average Bonchev–Trinajstić information content (AvgIpc) is 3.46. The van der Waals surface area contributed by atoms with E-state index < -0.39 is 45.7 Å². The maximum absolute atomic E-state index is 13.4. The molecule has 1 N–H and O–H groups in total. The molecule has 0 saturated carbocycles. The molecule has 1 heterocycles. The SMILES string of the molecule is O=C(OC(CS(=O)(=O)O)(C(F)(F)F)C(F)(F)F)C1CCc2cc(OCC3CO3)ccc2C1. The number of benzene rings is 1. The van der Waals surface area contributed by atoms with Crippen LogP contribution >= 0.6 is 0 Å². The van der Waals surface area contributed by atoms with Crippen LogP contribution in [-0.2, 0) is 37.2 Å². The van der Waals surface area contributed by atoms with Crippen molar-refractivity contribution in [1.82, 2.24) is 0 Å². The number of epoxide rings is 1. The largest absolute Gasteiger partial charge is 0.491 e. The standard InChI is InChI=1S/C18H18F6O7S/c19-17(20,21)16(18(22,23)24,9-32(26,27)28)31-15(25)12-2-1-11-6-13(4-3-10(11)5-12)29-7-14-8-30-14/h3-4,6,12,14H,1-2,5,7-9H2,(H,26,27,28). The van der Waals surface area contributed by atoms with Crippen LogP contribution in [0.1, 0.15) is 17.5 Å². The predicted octanol–water partition coefficient (Wildman–Crippen LogP) is 2.86. The van der Waals surface area contributed by atoms with Crippen LogP contribution in [0.4, 0.5) is 26.3 Å². The third kappa shape index (κ3) is 5.46. The van der Waals surface area contributed by atoms with Crippen molar-refractivity contribution in [2.75, 3.05) is 19.0 Å². The summed E-state index contributed by atoms with van der Waals surface area (Å²) >= 11 is 0. The second-order valence-electron chi connectivity index (χ2n) is 7.61. The molecule has 1 aliphatic heterocycles. The van der Waals surface area contributed by atoms with Gasteiger partial charge in [0.15, 0.2) is 0 Å². The molecule has 32 heavy (non-hydrogen) atoms. The van der Waals surface area contributed by atoms with E-state index in [4.69, 9.17) is 14.0 Å². The Morgan fingerprint density at radius 3 is 2.28 bits per heavy atom. The fraction of sp³-hybridized carbons (Fsp3) is 0.611. The summed E-state index contributed by atoms with van der Waals surface area (Å²) in [7, 11) is -5.83. The van der Waals surface area contributed by atoms with E-state index >= 15 is 0 Å². The summed E-state index contributed by atoms with van der Waals surface area (Å²) in [5.74, 6) is -5.63. The molecular formula is C18H18F6O7S. The van der Waals surface area contributed by atoms with Gasteiger partial charge in [0.05, 0.1) is 12.5 Å². The monoisotopic (exact) mass is 492 g/mol. The van der Waals surface area contributed by atoms with Crippen LogP contribution in [0.5, 0.6) is 5.75 Å². The Bertz CT molecular complexity index is 955. The molecule has 0 aromatic heterocycles. The molecule has 0 bridgehead atoms. The number of hydrogen-bond acceptors (Lipinski definition) is 6. The zero-order chi connectivity index (χ0) is 23.9. The number of halogens is 6. The van der Waals surface area contributed by atoms with Gasteiger partial charge in [-0.15, -0.1) is 0 Å². The topological polar surface area (TPSA) is 102 Å². The van der Waals surface area contributed by atoms with Gasteiger partial charge < -0.3 is 14.2 Å². The molecule has 1 aromatic carbocycles. The molecule has 3 rings (SSSR count). The zero-order valence-corrected chi connectivity index (χ0v) is 17.0. The molecule has 1 aromatic rings. The Balaban J connectivity index is 1.78. The fourth-order valence-electron chi connectivity index (χ4n) is 3.36. The molecule has 1 saturated heterocycles. The van der Waals surface area contributed by atoms with Crippen LogP contribution in [0.3, 0.4) is 0 Å². The molecule has 7 nitrogen and oxygen atoms in total. The summed E-state index contributed by atoms with van der Waals surface area (Å²) in [6.45, 7) is 0.919. The number of ether oxygens (including phenoxy) is 3. The molecule has 2 atom stereocenters. The number of carbonyl (C=O) groups excluding carboxylic acids is 1. The van der Waals surface area contributed by atoms with Crippen LogP contribution in [0, 0.1) is 5.92 Å². The van der Waals surface area contributed by atoms with Gasteiger partial charge in [0.25, 0.3) is 10.1 Å². The van der Waals surface area contributed by atoms with Gasteiger partial charge in [-0.2, -0.15) is 34.8 Å². The van der Waals surface area contributed by atoms with Crippen LogP contribution in [0.15, 0.2) is 18.2 Å². The lowest BCUT2D eigenvalue weighted by Crippen LogP contribution is -2.64. The highest BCUT2D eigenvalue weighted by atomic mass is 32.2. The van der Waals surface area contributed by atoms with Gasteiger partial charge in [0.1, 0.15) is 24.2 Å². The zero-order valence-electron chi connectivity index (χ0n) is 16.2. The molecule has 2 unspecified atom stereocenters. The van der Waals surface area contributed by atoms with E-state index in [0.29, 0.717) is 30.1 Å². The minimum Gasteiger partial charge on any atom is -0.491 e. The van der Waals surface area contributed by atoms with Crippen molar-refractivity contribution >= 4 is 16.1 Å². The summed E-state index contributed by atoms with van der Waals surface area (Å²) in [6.07, 6.45) is -12.9. The first-order chi connectivity index (χ1) is 14.6. The Labute approximate surface area is 178 Å². The van der Waals surface area contributed by atoms with Gasteiger partial charge in [0.2, 0.25) is 0 Å². The highest BCUT2D eigenvalue weighted by Gasteiger charge is 2.76. The van der Waals surface area contributed by atoms with Crippen molar-refractivity contribution in [3.8, 4) is 5.75 Å². The van der Waals surface area contributed by atoms with Gasteiger partial charge in [-0.1, -0.05) is 6.07 Å². The summed E-state index contributed by atoms with van der Waals surface area (Å²) in [5.41, 5.74) is -4.18. The molecule has 1 aliphatic carbocycles. The van der Waals surface area contributed by atoms with E-state index in [-0.39, 0.29) is 25.4 Å². The molecule has 180 valence electrons. The fourth-order valence-corrected chi connectivity index (χ4v) is 4.26. The Hall–Kier alpha value is -2.06. The molecule has 0 radical (unpaired) electrons. The van der Waals surface area contributed by atoms with Gasteiger partial charge in [-0.3, -0.25) is 9.35 Å². The lowest BCUT2D eigenvalue weighted by atomic mass is 9.83. The first kappa shape index (κ1) is 24.6. The second-order valence-corrected chi connectivity index (χ2v) is 9.06. The van der Waals surface area contributed by atoms with Gasteiger partial charge in [-0.25, -0.2) is 0 Å². The molecule has 0 amide bonds. The van der Waals surface area contributed by atoms with Gasteiger partial charge in [0, 0.05) is 0 Å². The first-order valence-electron chi connectivity index (χ1n) is 9.29. The maximum Gasteiger partial charge on any atom is 0.438 e. The van der Waals surface area contributed by atoms with Gasteiger partial charge in [-0.05, 0) is 42.5 Å². The number of fused-ring (bicyclic) bond motifs is 1. The summed E-state index contributed by atoms with van der Waals surface area (Å²) in [4.78, 5) is 12.3. The van der Waals surface area contributed by atoms with Gasteiger partial charge >= 0.3 is 23.9 Å². The molecule has 0 spiro atoms. The first-order valence-corrected chi connectivity index (χ1v) is 10.9. The number of carbonyl (C=O) groups is 1. The van der Waals surface area contributed by atoms with Crippen LogP contribution < -0.4 is 4.74 Å². The lowest BCUT2D eigenvalue weighted by molar-refractivity contribution is -0.362. The molecule has 1 fully saturated rings. The van der Waals surface area contributed by atoms with Crippen molar-refractivity contribution in [2.45, 2.75) is 43.3 Å². The Morgan fingerprint density at radius 1 is 1.12 bits per heavy atom. The normalized spacial score (nSPS) is 21.6. The van der Waals surface area contributed by atoms with E-state index in [9.17, 15) is 39.6 Å². The highest BCUT2D eigenvalue weighted by molar-refractivity contribution is 7.85. The molecule has 2 aliphatic rings. The Kier molecular flexibility index (Phi) is 6.43. The number of alkyl halides is 6. The minimum atomic E-state index is -6.35. The molecule has 14 heteroatoms. The van der Waals surface area contributed by atoms with Crippen LogP contribution in [0.25, 0.3) is 0 Å². The number of hydrogen-bond donors (Lipinski definition) is 1. The second kappa shape index (κ2) is 8.37. The number of aryl methyl sites for hydroxylation is 1. The third-order valence-corrected chi connectivity index (χ3v) is 5.93. The number of rotatable bonds is 7. The molecular weight excluding hydrogens is 474 g/mol. The smallest absolute Gasteiger partial charge is 0.438 e. The van der Waals surface area contributed by atoms with Crippen molar-refractivity contribution in [3.63, 3.8) is 0 Å². The summed E-state index contributed by atoms with van der Waals surface area (Å²) < 4.78 is 125. The quantitative estimate of drug-likeness (QED) is 0.270. The average molecular weight is 492 g/mol. The van der Waals surface area contributed by atoms with Crippen molar-refractivity contribution in [3.05, 3.63) is 29.3 Å². The minimum absolute atomic E-state index is 0.00968. The Morgan fingerprint density at radius 2 is 1.75 bits per heavy atom. The van der Waals surface area contributed by atoms with Crippen LogP contribution in [-0.4, -0.2) is 62.0 Å². The lowest BCUT2D eigenvalue weighted by Gasteiger charge is -2.37.